The summed E-state index contributed by atoms with van der Waals surface area (Å²) in [6.07, 6.45) is 0.514. The van der Waals surface area contributed by atoms with E-state index in [2.05, 4.69) is 4.72 Å². The topological polar surface area (TPSA) is 72.2 Å². The van der Waals surface area contributed by atoms with Crippen LogP contribution in [0.3, 0.4) is 0 Å². The molecule has 4 nitrogen and oxygen atoms in total. The highest BCUT2D eigenvalue weighted by molar-refractivity contribution is 7.91. The van der Waals surface area contributed by atoms with Gasteiger partial charge in [0.2, 0.25) is 10.0 Å². The molecular weight excluding hydrogens is 311 g/mol. The Labute approximate surface area is 127 Å². The lowest BCUT2D eigenvalue weighted by molar-refractivity contribution is 0.583. The Morgan fingerprint density at radius 1 is 1.29 bits per heavy atom. The normalized spacial score (nSPS) is 11.8. The predicted octanol–water partition coefficient (Wildman–Crippen LogP) is 2.18. The van der Waals surface area contributed by atoms with Gasteiger partial charge in [0.15, 0.2) is 0 Å². The summed E-state index contributed by atoms with van der Waals surface area (Å²) in [7, 11) is -3.50. The number of halogens is 1. The van der Waals surface area contributed by atoms with Crippen molar-refractivity contribution < 1.29 is 12.8 Å². The van der Waals surface area contributed by atoms with Crippen LogP contribution in [0.2, 0.25) is 0 Å². The van der Waals surface area contributed by atoms with Crippen LogP contribution in [0, 0.1) is 12.7 Å². The molecule has 2 rings (SSSR count). The number of thiophene rings is 1. The molecule has 3 N–H and O–H groups in total. The van der Waals surface area contributed by atoms with Gasteiger partial charge in [-0.15, -0.1) is 11.3 Å². The summed E-state index contributed by atoms with van der Waals surface area (Å²) < 4.78 is 40.0. The van der Waals surface area contributed by atoms with Crippen molar-refractivity contribution in [3.63, 3.8) is 0 Å². The first-order valence-electron chi connectivity index (χ1n) is 6.46. The molecule has 21 heavy (non-hydrogen) atoms. The maximum atomic E-state index is 13.0. The predicted molar refractivity (Wildman–Crippen MR) is 82.2 cm³/mol. The largest absolute Gasteiger partial charge is 0.326 e. The molecule has 0 radical (unpaired) electrons. The fraction of sp³-hybridized carbons (Fsp3) is 0.286. The van der Waals surface area contributed by atoms with Crippen LogP contribution in [0.1, 0.15) is 16.0 Å². The molecule has 114 valence electrons. The Morgan fingerprint density at radius 3 is 2.67 bits per heavy atom. The SMILES string of the molecule is Cc1cc(F)ccc1CCNS(=O)(=O)c1ccc(CN)s1. The molecule has 0 spiro atoms. The van der Waals surface area contributed by atoms with Crippen molar-refractivity contribution in [1.82, 2.24) is 4.72 Å². The number of hydrogen-bond acceptors (Lipinski definition) is 4. The molecule has 0 aliphatic heterocycles. The van der Waals surface area contributed by atoms with Gasteiger partial charge in [0.25, 0.3) is 0 Å². The number of nitrogens with two attached hydrogens (primary N) is 1. The fourth-order valence-corrected chi connectivity index (χ4v) is 4.25. The zero-order valence-corrected chi connectivity index (χ0v) is 13.2. The van der Waals surface area contributed by atoms with Gasteiger partial charge in [-0.2, -0.15) is 0 Å². The number of benzene rings is 1. The van der Waals surface area contributed by atoms with Gasteiger partial charge in [-0.1, -0.05) is 6.07 Å². The van der Waals surface area contributed by atoms with Crippen molar-refractivity contribution in [3.8, 4) is 0 Å². The van der Waals surface area contributed by atoms with Gasteiger partial charge in [0.1, 0.15) is 10.0 Å². The molecular formula is C14H17FN2O2S2. The first-order valence-corrected chi connectivity index (χ1v) is 8.76. The maximum absolute atomic E-state index is 13.0. The van der Waals surface area contributed by atoms with Gasteiger partial charge < -0.3 is 5.73 Å². The second kappa shape index (κ2) is 6.65. The van der Waals surface area contributed by atoms with E-state index in [-0.39, 0.29) is 16.6 Å². The summed E-state index contributed by atoms with van der Waals surface area (Å²) in [5.74, 6) is -0.287. The Morgan fingerprint density at radius 2 is 2.05 bits per heavy atom. The van der Waals surface area contributed by atoms with Crippen molar-refractivity contribution in [2.24, 2.45) is 5.73 Å². The molecule has 0 amide bonds. The number of aryl methyl sites for hydroxylation is 1. The quantitative estimate of drug-likeness (QED) is 0.854. The number of hydrogen-bond donors (Lipinski definition) is 2. The molecule has 0 aliphatic rings. The van der Waals surface area contributed by atoms with Crippen molar-refractivity contribution in [2.75, 3.05) is 6.54 Å². The average molecular weight is 328 g/mol. The zero-order valence-electron chi connectivity index (χ0n) is 11.6. The maximum Gasteiger partial charge on any atom is 0.250 e. The van der Waals surface area contributed by atoms with Crippen LogP contribution in [-0.2, 0) is 23.0 Å². The van der Waals surface area contributed by atoms with Crippen molar-refractivity contribution in [1.29, 1.82) is 0 Å². The number of nitrogens with one attached hydrogen (secondary N) is 1. The van der Waals surface area contributed by atoms with Crippen LogP contribution >= 0.6 is 11.3 Å². The molecule has 0 unspecified atom stereocenters. The van der Waals surface area contributed by atoms with Gasteiger partial charge in [0.05, 0.1) is 0 Å². The van der Waals surface area contributed by atoms with Gasteiger partial charge in [-0.3, -0.25) is 0 Å². The molecule has 1 heterocycles. The first-order chi connectivity index (χ1) is 9.92. The third kappa shape index (κ3) is 4.10. The van der Waals surface area contributed by atoms with Crippen molar-refractivity contribution >= 4 is 21.4 Å². The summed E-state index contributed by atoms with van der Waals surface area (Å²) in [6.45, 7) is 2.40. The highest BCUT2D eigenvalue weighted by Gasteiger charge is 2.16. The van der Waals surface area contributed by atoms with E-state index in [1.165, 1.54) is 23.5 Å². The van der Waals surface area contributed by atoms with E-state index in [0.29, 0.717) is 13.0 Å². The van der Waals surface area contributed by atoms with E-state index in [4.69, 9.17) is 5.73 Å². The lowest BCUT2D eigenvalue weighted by Gasteiger charge is -2.07. The van der Waals surface area contributed by atoms with Gasteiger partial charge >= 0.3 is 0 Å². The van der Waals surface area contributed by atoms with E-state index in [1.807, 2.05) is 0 Å². The Balaban J connectivity index is 1.99. The highest BCUT2D eigenvalue weighted by Crippen LogP contribution is 2.21. The van der Waals surface area contributed by atoms with E-state index in [0.717, 1.165) is 16.0 Å². The lowest BCUT2D eigenvalue weighted by Crippen LogP contribution is -2.25. The number of sulfonamides is 1. The van der Waals surface area contributed by atoms with Crippen LogP contribution in [0.5, 0.6) is 0 Å². The molecule has 7 heteroatoms. The molecule has 0 atom stereocenters. The van der Waals surface area contributed by atoms with Gasteiger partial charge in [-0.25, -0.2) is 17.5 Å². The zero-order chi connectivity index (χ0) is 15.5. The van der Waals surface area contributed by atoms with E-state index < -0.39 is 10.0 Å². The van der Waals surface area contributed by atoms with Crippen molar-refractivity contribution in [2.45, 2.75) is 24.1 Å². The van der Waals surface area contributed by atoms with Crippen LogP contribution in [-0.4, -0.2) is 15.0 Å². The Hall–Kier alpha value is -1.28. The summed E-state index contributed by atoms with van der Waals surface area (Å²) >= 11 is 1.17. The lowest BCUT2D eigenvalue weighted by atomic mass is 10.1. The Bertz CT molecular complexity index is 726. The molecule has 0 aliphatic carbocycles. The van der Waals surface area contributed by atoms with E-state index >= 15 is 0 Å². The number of rotatable bonds is 6. The first kappa shape index (κ1) is 16.1. The standard InChI is InChI=1S/C14H17FN2O2S2/c1-10-8-12(15)3-2-11(10)6-7-17-21(18,19)14-5-4-13(9-16)20-14/h2-5,8,17H,6-7,9,16H2,1H3. The van der Waals surface area contributed by atoms with Crippen molar-refractivity contribution in [3.05, 3.63) is 52.2 Å². The third-order valence-electron chi connectivity index (χ3n) is 3.09. The summed E-state index contributed by atoms with van der Waals surface area (Å²) in [6, 6.07) is 7.76. The fourth-order valence-electron chi connectivity index (χ4n) is 1.94. The van der Waals surface area contributed by atoms with E-state index in [9.17, 15) is 12.8 Å². The highest BCUT2D eigenvalue weighted by atomic mass is 32.2. The minimum atomic E-state index is -3.50. The average Bonchev–Trinajstić information content (AvgIpc) is 2.91. The second-order valence-electron chi connectivity index (χ2n) is 4.64. The smallest absolute Gasteiger partial charge is 0.250 e. The van der Waals surface area contributed by atoms with E-state index in [1.54, 1.807) is 25.1 Å². The van der Waals surface area contributed by atoms with Crippen LogP contribution in [0.15, 0.2) is 34.5 Å². The molecule has 1 aromatic heterocycles. The monoisotopic (exact) mass is 328 g/mol. The van der Waals surface area contributed by atoms with Crippen LogP contribution in [0.25, 0.3) is 0 Å². The van der Waals surface area contributed by atoms with Gasteiger partial charge in [0, 0.05) is 18.0 Å². The Kier molecular flexibility index (Phi) is 5.10. The summed E-state index contributed by atoms with van der Waals surface area (Å²) in [5.41, 5.74) is 7.22. The molecule has 0 fully saturated rings. The molecule has 1 aromatic carbocycles. The molecule has 0 bridgehead atoms. The minimum Gasteiger partial charge on any atom is -0.326 e. The summed E-state index contributed by atoms with van der Waals surface area (Å²) in [5, 5.41) is 0. The molecule has 2 aromatic rings. The molecule has 0 saturated carbocycles. The third-order valence-corrected chi connectivity index (χ3v) is 6.15. The summed E-state index contributed by atoms with van der Waals surface area (Å²) in [4.78, 5) is 0.824. The van der Waals surface area contributed by atoms with Gasteiger partial charge in [-0.05, 0) is 48.7 Å². The second-order valence-corrected chi connectivity index (χ2v) is 7.81. The molecule has 0 saturated heterocycles. The van der Waals surface area contributed by atoms with Crippen LogP contribution < -0.4 is 10.5 Å². The minimum absolute atomic E-state index is 0.263. The van der Waals surface area contributed by atoms with Crippen LogP contribution in [0.4, 0.5) is 4.39 Å².